The Bertz CT molecular complexity index is 498. The third-order valence-corrected chi connectivity index (χ3v) is 2.00. The van der Waals surface area contributed by atoms with Gasteiger partial charge in [-0.1, -0.05) is 5.16 Å². The maximum atomic E-state index is 5.53. The van der Waals surface area contributed by atoms with Crippen LogP contribution in [0.4, 0.5) is 5.95 Å². The van der Waals surface area contributed by atoms with Crippen molar-refractivity contribution in [3.63, 3.8) is 0 Å². The molecule has 0 atom stereocenters. The van der Waals surface area contributed by atoms with E-state index in [4.69, 9.17) is 4.74 Å². The van der Waals surface area contributed by atoms with E-state index in [1.54, 1.807) is 6.07 Å². The van der Waals surface area contributed by atoms with Gasteiger partial charge in [-0.3, -0.25) is 0 Å². The summed E-state index contributed by atoms with van der Waals surface area (Å²) in [4.78, 5) is 12.4. The molecular formula is C11H15N5O2. The molecule has 7 heteroatoms. The zero-order valence-electron chi connectivity index (χ0n) is 10.5. The molecule has 0 spiro atoms. The van der Waals surface area contributed by atoms with E-state index in [0.29, 0.717) is 24.2 Å². The zero-order valence-corrected chi connectivity index (χ0v) is 10.5. The fraction of sp³-hybridized carbons (Fsp3) is 0.455. The van der Waals surface area contributed by atoms with Crippen LogP contribution in [0.3, 0.4) is 0 Å². The van der Waals surface area contributed by atoms with Crippen molar-refractivity contribution in [1.29, 1.82) is 0 Å². The quantitative estimate of drug-likeness (QED) is 0.860. The molecule has 2 aromatic rings. The molecule has 2 rings (SSSR count). The molecule has 0 amide bonds. The van der Waals surface area contributed by atoms with E-state index in [1.165, 1.54) is 6.39 Å². The van der Waals surface area contributed by atoms with E-state index in [1.807, 2.05) is 20.8 Å². The Kier molecular flexibility index (Phi) is 3.71. The van der Waals surface area contributed by atoms with Crippen LogP contribution in [0.1, 0.15) is 25.4 Å². The Balaban J connectivity index is 2.05. The zero-order chi connectivity index (χ0) is 13.0. The number of nitrogens with zero attached hydrogens (tertiary/aromatic N) is 4. The van der Waals surface area contributed by atoms with E-state index >= 15 is 0 Å². The molecular weight excluding hydrogens is 234 g/mol. The van der Waals surface area contributed by atoms with E-state index in [2.05, 4.69) is 29.9 Å². The molecule has 0 saturated heterocycles. The van der Waals surface area contributed by atoms with Gasteiger partial charge in [0.25, 0.3) is 0 Å². The summed E-state index contributed by atoms with van der Waals surface area (Å²) >= 11 is 0. The maximum Gasteiger partial charge on any atom is 0.226 e. The van der Waals surface area contributed by atoms with Crippen molar-refractivity contribution >= 4 is 5.95 Å². The van der Waals surface area contributed by atoms with Crippen molar-refractivity contribution < 1.29 is 9.26 Å². The minimum absolute atomic E-state index is 0.0735. The van der Waals surface area contributed by atoms with Crippen molar-refractivity contribution in [2.24, 2.45) is 0 Å². The summed E-state index contributed by atoms with van der Waals surface area (Å²) in [5.41, 5.74) is 0.830. The van der Waals surface area contributed by atoms with Crippen molar-refractivity contribution in [3.05, 3.63) is 24.0 Å². The van der Waals surface area contributed by atoms with Crippen LogP contribution in [0.2, 0.25) is 0 Å². The Morgan fingerprint density at radius 2 is 2.22 bits per heavy atom. The predicted octanol–water partition coefficient (Wildman–Crippen LogP) is 1.57. The molecule has 0 bridgehead atoms. The molecule has 0 aliphatic heterocycles. The van der Waals surface area contributed by atoms with Crippen LogP contribution in [0.5, 0.6) is 5.88 Å². The standard InChI is InChI=1S/C11H15N5O2/c1-7(2)18-10-4-8(3)14-11(15-10)12-5-9-13-6-17-16-9/h4,6-7H,5H2,1-3H3,(H,12,14,15). The topological polar surface area (TPSA) is 86.0 Å². The number of aryl methyl sites for hydroxylation is 1. The van der Waals surface area contributed by atoms with Gasteiger partial charge in [0.05, 0.1) is 12.6 Å². The van der Waals surface area contributed by atoms with Crippen LogP contribution in [-0.2, 0) is 6.54 Å². The first-order valence-corrected chi connectivity index (χ1v) is 5.65. The molecule has 0 radical (unpaired) electrons. The Morgan fingerprint density at radius 3 is 2.89 bits per heavy atom. The van der Waals surface area contributed by atoms with Crippen LogP contribution in [0.25, 0.3) is 0 Å². The normalized spacial score (nSPS) is 10.7. The van der Waals surface area contributed by atoms with Gasteiger partial charge in [0.1, 0.15) is 0 Å². The van der Waals surface area contributed by atoms with Gasteiger partial charge in [0, 0.05) is 11.8 Å². The van der Waals surface area contributed by atoms with Crippen molar-refractivity contribution in [2.45, 2.75) is 33.4 Å². The van der Waals surface area contributed by atoms with Crippen LogP contribution in [-0.4, -0.2) is 26.2 Å². The second-order valence-corrected chi connectivity index (χ2v) is 4.04. The highest BCUT2D eigenvalue weighted by Gasteiger charge is 2.06. The van der Waals surface area contributed by atoms with Gasteiger partial charge in [-0.25, -0.2) is 4.98 Å². The summed E-state index contributed by atoms with van der Waals surface area (Å²) in [6.45, 7) is 6.18. The molecule has 2 heterocycles. The Morgan fingerprint density at radius 1 is 1.39 bits per heavy atom. The van der Waals surface area contributed by atoms with Crippen LogP contribution < -0.4 is 10.1 Å². The molecule has 0 aromatic carbocycles. The van der Waals surface area contributed by atoms with Crippen molar-refractivity contribution in [3.8, 4) is 5.88 Å². The second-order valence-electron chi connectivity index (χ2n) is 4.04. The minimum Gasteiger partial charge on any atom is -0.475 e. The van der Waals surface area contributed by atoms with E-state index in [0.717, 1.165) is 5.69 Å². The first-order chi connectivity index (χ1) is 8.63. The van der Waals surface area contributed by atoms with E-state index in [-0.39, 0.29) is 6.10 Å². The van der Waals surface area contributed by atoms with Crippen molar-refractivity contribution in [2.75, 3.05) is 5.32 Å². The maximum absolute atomic E-state index is 5.53. The lowest BCUT2D eigenvalue weighted by atomic mass is 10.4. The third-order valence-electron chi connectivity index (χ3n) is 2.00. The Labute approximate surface area is 105 Å². The van der Waals surface area contributed by atoms with Gasteiger partial charge in [0.15, 0.2) is 5.82 Å². The molecule has 0 aliphatic rings. The van der Waals surface area contributed by atoms with Crippen LogP contribution in [0.15, 0.2) is 17.0 Å². The molecule has 96 valence electrons. The average molecular weight is 249 g/mol. The van der Waals surface area contributed by atoms with Crippen LogP contribution >= 0.6 is 0 Å². The summed E-state index contributed by atoms with van der Waals surface area (Å²) in [5.74, 6) is 1.58. The second kappa shape index (κ2) is 5.44. The first kappa shape index (κ1) is 12.3. The number of anilines is 1. The number of hydrogen-bond acceptors (Lipinski definition) is 7. The summed E-state index contributed by atoms with van der Waals surface area (Å²) in [5, 5.41) is 6.70. The highest BCUT2D eigenvalue weighted by atomic mass is 16.5. The fourth-order valence-corrected chi connectivity index (χ4v) is 1.35. The summed E-state index contributed by atoms with van der Waals surface area (Å²) in [6, 6.07) is 1.79. The summed E-state index contributed by atoms with van der Waals surface area (Å²) in [6.07, 6.45) is 1.35. The lowest BCUT2D eigenvalue weighted by molar-refractivity contribution is 0.232. The van der Waals surface area contributed by atoms with Gasteiger partial charge >= 0.3 is 0 Å². The van der Waals surface area contributed by atoms with E-state index < -0.39 is 0 Å². The SMILES string of the molecule is Cc1cc(OC(C)C)nc(NCc2ncon2)n1. The number of nitrogens with one attached hydrogen (secondary N) is 1. The van der Waals surface area contributed by atoms with Gasteiger partial charge in [-0.05, 0) is 20.8 Å². The fourth-order valence-electron chi connectivity index (χ4n) is 1.35. The summed E-state index contributed by atoms with van der Waals surface area (Å²) in [7, 11) is 0. The van der Waals surface area contributed by atoms with Gasteiger partial charge in [0.2, 0.25) is 18.2 Å². The van der Waals surface area contributed by atoms with Gasteiger partial charge in [-0.2, -0.15) is 9.97 Å². The molecule has 1 N–H and O–H groups in total. The molecule has 0 aliphatic carbocycles. The average Bonchev–Trinajstić information content (AvgIpc) is 2.77. The molecule has 0 unspecified atom stereocenters. The first-order valence-electron chi connectivity index (χ1n) is 5.65. The lowest BCUT2D eigenvalue weighted by Gasteiger charge is -2.10. The highest BCUT2D eigenvalue weighted by molar-refractivity contribution is 5.30. The molecule has 0 saturated carbocycles. The molecule has 7 nitrogen and oxygen atoms in total. The number of rotatable bonds is 5. The smallest absolute Gasteiger partial charge is 0.226 e. The van der Waals surface area contributed by atoms with E-state index in [9.17, 15) is 0 Å². The summed E-state index contributed by atoms with van der Waals surface area (Å²) < 4.78 is 10.2. The van der Waals surface area contributed by atoms with Gasteiger partial charge < -0.3 is 14.6 Å². The Hall–Kier alpha value is -2.18. The number of hydrogen-bond donors (Lipinski definition) is 1. The lowest BCUT2D eigenvalue weighted by Crippen LogP contribution is -2.10. The molecule has 2 aromatic heterocycles. The van der Waals surface area contributed by atoms with Crippen molar-refractivity contribution in [1.82, 2.24) is 20.1 Å². The number of aromatic nitrogens is 4. The minimum atomic E-state index is 0.0735. The highest BCUT2D eigenvalue weighted by Crippen LogP contribution is 2.13. The predicted molar refractivity (Wildman–Crippen MR) is 64.2 cm³/mol. The van der Waals surface area contributed by atoms with Crippen LogP contribution in [0, 0.1) is 6.92 Å². The largest absolute Gasteiger partial charge is 0.475 e. The number of ether oxygens (including phenoxy) is 1. The third kappa shape index (κ3) is 3.41. The van der Waals surface area contributed by atoms with Gasteiger partial charge in [-0.15, -0.1) is 0 Å². The molecule has 0 fully saturated rings. The monoisotopic (exact) mass is 249 g/mol. The molecule has 18 heavy (non-hydrogen) atoms.